The maximum Gasteiger partial charge on any atom is 0.236 e. The van der Waals surface area contributed by atoms with E-state index in [1.165, 1.54) is 6.33 Å². The molecule has 2 rings (SSSR count). The maximum atomic E-state index is 11.9. The van der Waals surface area contributed by atoms with E-state index in [1.807, 2.05) is 18.0 Å². The first-order valence-electron chi connectivity index (χ1n) is 7.19. The highest BCUT2D eigenvalue weighted by atomic mass is 16.2. The number of nitrogens with two attached hydrogens (primary N) is 2. The van der Waals surface area contributed by atoms with Crippen molar-refractivity contribution < 1.29 is 4.79 Å². The van der Waals surface area contributed by atoms with Gasteiger partial charge >= 0.3 is 0 Å². The van der Waals surface area contributed by atoms with Crippen molar-refractivity contribution in [3.8, 4) is 6.07 Å². The molecule has 0 radical (unpaired) electrons. The number of nitriles is 1. The molecule has 8 heteroatoms. The Hall–Kier alpha value is -2.56. The summed E-state index contributed by atoms with van der Waals surface area (Å²) in [4.78, 5) is 23.7. The summed E-state index contributed by atoms with van der Waals surface area (Å²) in [6, 6.07) is 1.97. The molecule has 1 fully saturated rings. The first-order valence-corrected chi connectivity index (χ1v) is 7.19. The zero-order valence-electron chi connectivity index (χ0n) is 12.9. The van der Waals surface area contributed by atoms with Crippen LogP contribution < -0.4 is 16.4 Å². The molecule has 0 bridgehead atoms. The van der Waals surface area contributed by atoms with Gasteiger partial charge in [0, 0.05) is 20.1 Å². The molecule has 8 nitrogen and oxygen atoms in total. The summed E-state index contributed by atoms with van der Waals surface area (Å²) in [5, 5.41) is 8.68. The van der Waals surface area contributed by atoms with E-state index in [-0.39, 0.29) is 24.2 Å². The number of nitrogen functional groups attached to an aromatic ring is 2. The van der Waals surface area contributed by atoms with Crippen LogP contribution in [0.2, 0.25) is 0 Å². The number of amides is 1. The SMILES string of the molecule is C[C@@H]1CCN(C(=O)CC#N)C[C@@H]1N(C)c1ncnc(N)c1N. The molecule has 1 aliphatic rings. The van der Waals surface area contributed by atoms with Crippen LogP contribution in [0.3, 0.4) is 0 Å². The first-order chi connectivity index (χ1) is 10.5. The summed E-state index contributed by atoms with van der Waals surface area (Å²) < 4.78 is 0. The van der Waals surface area contributed by atoms with Crippen molar-refractivity contribution >= 4 is 23.2 Å². The van der Waals surface area contributed by atoms with Gasteiger partial charge in [0.05, 0.1) is 12.1 Å². The van der Waals surface area contributed by atoms with Gasteiger partial charge in [0.15, 0.2) is 11.6 Å². The van der Waals surface area contributed by atoms with Gasteiger partial charge < -0.3 is 21.3 Å². The summed E-state index contributed by atoms with van der Waals surface area (Å²) in [6.45, 7) is 3.35. The fourth-order valence-corrected chi connectivity index (χ4v) is 2.80. The van der Waals surface area contributed by atoms with Gasteiger partial charge in [-0.15, -0.1) is 0 Å². The zero-order chi connectivity index (χ0) is 16.3. The summed E-state index contributed by atoms with van der Waals surface area (Å²) >= 11 is 0. The number of anilines is 3. The Labute approximate surface area is 129 Å². The summed E-state index contributed by atoms with van der Waals surface area (Å²) in [5.41, 5.74) is 12.0. The van der Waals surface area contributed by atoms with E-state index in [1.54, 1.807) is 4.90 Å². The van der Waals surface area contributed by atoms with Crippen molar-refractivity contribution in [2.45, 2.75) is 25.8 Å². The van der Waals surface area contributed by atoms with Crippen LogP contribution in [-0.4, -0.2) is 47.0 Å². The van der Waals surface area contributed by atoms with Gasteiger partial charge in [-0.3, -0.25) is 4.79 Å². The van der Waals surface area contributed by atoms with Crippen molar-refractivity contribution in [3.05, 3.63) is 6.33 Å². The molecule has 2 atom stereocenters. The Kier molecular flexibility index (Phi) is 4.65. The van der Waals surface area contributed by atoms with E-state index in [0.29, 0.717) is 30.5 Å². The van der Waals surface area contributed by atoms with E-state index < -0.39 is 0 Å². The molecule has 0 aliphatic carbocycles. The Balaban J connectivity index is 2.20. The molecule has 1 saturated heterocycles. The van der Waals surface area contributed by atoms with Gasteiger partial charge in [-0.25, -0.2) is 9.97 Å². The second kappa shape index (κ2) is 6.47. The Morgan fingerprint density at radius 2 is 2.27 bits per heavy atom. The number of likely N-dealkylation sites (tertiary alicyclic amines) is 1. The lowest BCUT2D eigenvalue weighted by Gasteiger charge is -2.42. The minimum absolute atomic E-state index is 0.0630. The Bertz CT molecular complexity index is 597. The number of hydrogen-bond donors (Lipinski definition) is 2. The number of nitrogens with zero attached hydrogens (tertiary/aromatic N) is 5. The molecule has 1 aromatic heterocycles. The average Bonchev–Trinajstić information content (AvgIpc) is 2.50. The lowest BCUT2D eigenvalue weighted by Crippen LogP contribution is -2.52. The topological polar surface area (TPSA) is 125 Å². The smallest absolute Gasteiger partial charge is 0.236 e. The Morgan fingerprint density at radius 1 is 1.55 bits per heavy atom. The van der Waals surface area contributed by atoms with E-state index in [0.717, 1.165) is 6.42 Å². The second-order valence-corrected chi connectivity index (χ2v) is 5.62. The van der Waals surface area contributed by atoms with Crippen molar-refractivity contribution in [3.63, 3.8) is 0 Å². The van der Waals surface area contributed by atoms with Crippen molar-refractivity contribution in [1.29, 1.82) is 5.26 Å². The van der Waals surface area contributed by atoms with Gasteiger partial charge in [-0.1, -0.05) is 6.92 Å². The van der Waals surface area contributed by atoms with Crippen LogP contribution in [0.1, 0.15) is 19.8 Å². The van der Waals surface area contributed by atoms with E-state index in [4.69, 9.17) is 16.7 Å². The predicted molar refractivity (Wildman–Crippen MR) is 83.6 cm³/mol. The highest BCUT2D eigenvalue weighted by Crippen LogP contribution is 2.29. The lowest BCUT2D eigenvalue weighted by molar-refractivity contribution is -0.131. The number of carbonyl (C=O) groups is 1. The number of rotatable bonds is 3. The average molecular weight is 303 g/mol. The molecule has 1 aliphatic heterocycles. The van der Waals surface area contributed by atoms with Crippen LogP contribution in [0.15, 0.2) is 6.33 Å². The monoisotopic (exact) mass is 303 g/mol. The molecular formula is C14H21N7O. The van der Waals surface area contributed by atoms with E-state index in [2.05, 4.69) is 16.9 Å². The summed E-state index contributed by atoms with van der Waals surface area (Å²) in [7, 11) is 1.89. The third-order valence-corrected chi connectivity index (χ3v) is 4.23. The van der Waals surface area contributed by atoms with Crippen LogP contribution in [0.4, 0.5) is 17.3 Å². The van der Waals surface area contributed by atoms with Crippen molar-refractivity contribution in [1.82, 2.24) is 14.9 Å². The normalized spacial score (nSPS) is 21.2. The first kappa shape index (κ1) is 15.8. The predicted octanol–water partition coefficient (Wildman–Crippen LogP) is 0.228. The maximum absolute atomic E-state index is 11.9. The molecule has 1 aromatic rings. The largest absolute Gasteiger partial charge is 0.393 e. The van der Waals surface area contributed by atoms with Crippen LogP contribution in [0.25, 0.3) is 0 Å². The van der Waals surface area contributed by atoms with Gasteiger partial charge in [-0.2, -0.15) is 5.26 Å². The zero-order valence-corrected chi connectivity index (χ0v) is 12.9. The third kappa shape index (κ3) is 3.03. The minimum Gasteiger partial charge on any atom is -0.393 e. The number of carbonyl (C=O) groups excluding carboxylic acids is 1. The number of aromatic nitrogens is 2. The molecule has 4 N–H and O–H groups in total. The van der Waals surface area contributed by atoms with E-state index >= 15 is 0 Å². The molecule has 2 heterocycles. The quantitative estimate of drug-likeness (QED) is 0.818. The number of piperidine rings is 1. The molecular weight excluding hydrogens is 282 g/mol. The molecule has 22 heavy (non-hydrogen) atoms. The van der Waals surface area contributed by atoms with Gasteiger partial charge in [0.1, 0.15) is 18.4 Å². The molecule has 0 unspecified atom stereocenters. The van der Waals surface area contributed by atoms with Gasteiger partial charge in [0.2, 0.25) is 5.91 Å². The van der Waals surface area contributed by atoms with Gasteiger partial charge in [-0.05, 0) is 12.3 Å². The Morgan fingerprint density at radius 3 is 2.95 bits per heavy atom. The molecule has 118 valence electrons. The molecule has 1 amide bonds. The standard InChI is InChI=1S/C14H21N7O/c1-9-4-6-21(11(22)3-5-15)7-10(9)20(2)14-12(16)13(17)18-8-19-14/h8-10H,3-4,6-7,16H2,1-2H3,(H2,17,18,19)/t9-,10+/m1/s1. The van der Waals surface area contributed by atoms with Gasteiger partial charge in [0.25, 0.3) is 0 Å². The molecule has 0 aromatic carbocycles. The van der Waals surface area contributed by atoms with Crippen LogP contribution >= 0.6 is 0 Å². The fraction of sp³-hybridized carbons (Fsp3) is 0.571. The number of hydrogen-bond acceptors (Lipinski definition) is 7. The number of likely N-dealkylation sites (N-methyl/N-ethyl adjacent to an activating group) is 1. The highest BCUT2D eigenvalue weighted by Gasteiger charge is 2.32. The van der Waals surface area contributed by atoms with Crippen LogP contribution in [0, 0.1) is 17.2 Å². The van der Waals surface area contributed by atoms with Crippen molar-refractivity contribution in [2.24, 2.45) is 5.92 Å². The summed E-state index contributed by atoms with van der Waals surface area (Å²) in [5.74, 6) is 1.05. The highest BCUT2D eigenvalue weighted by molar-refractivity contribution is 5.78. The fourth-order valence-electron chi connectivity index (χ4n) is 2.80. The summed E-state index contributed by atoms with van der Waals surface area (Å²) in [6.07, 6.45) is 2.16. The van der Waals surface area contributed by atoms with Crippen LogP contribution in [-0.2, 0) is 4.79 Å². The minimum atomic E-state index is -0.136. The van der Waals surface area contributed by atoms with Crippen molar-refractivity contribution in [2.75, 3.05) is 36.5 Å². The van der Waals surface area contributed by atoms with Crippen LogP contribution in [0.5, 0.6) is 0 Å². The third-order valence-electron chi connectivity index (χ3n) is 4.23. The van der Waals surface area contributed by atoms with E-state index in [9.17, 15) is 4.79 Å². The second-order valence-electron chi connectivity index (χ2n) is 5.62. The lowest BCUT2D eigenvalue weighted by atomic mass is 9.92. The molecule has 0 spiro atoms. The molecule has 0 saturated carbocycles.